The van der Waals surface area contributed by atoms with Crippen molar-refractivity contribution in [3.63, 3.8) is 0 Å². The van der Waals surface area contributed by atoms with E-state index in [9.17, 15) is 9.59 Å². The molecule has 7 nitrogen and oxygen atoms in total. The molecule has 0 radical (unpaired) electrons. The first-order chi connectivity index (χ1) is 8.24. The van der Waals surface area contributed by atoms with Crippen LogP contribution in [0.2, 0.25) is 0 Å². The van der Waals surface area contributed by atoms with Gasteiger partial charge in [-0.25, -0.2) is 9.89 Å². The van der Waals surface area contributed by atoms with E-state index in [0.29, 0.717) is 5.76 Å². The first-order valence-corrected chi connectivity index (χ1v) is 4.87. The maximum atomic E-state index is 11.4. The van der Waals surface area contributed by atoms with Gasteiger partial charge < -0.3 is 9.73 Å². The van der Waals surface area contributed by atoms with Crippen LogP contribution in [0.1, 0.15) is 5.76 Å². The minimum atomic E-state index is -0.430. The van der Waals surface area contributed by atoms with Crippen molar-refractivity contribution in [2.24, 2.45) is 0 Å². The molecule has 3 N–H and O–H groups in total. The zero-order valence-electron chi connectivity index (χ0n) is 8.77. The summed E-state index contributed by atoms with van der Waals surface area (Å²) in [4.78, 5) is 22.1. The second-order valence-corrected chi connectivity index (χ2v) is 3.19. The number of aromatic nitrogens is 2. The largest absolute Gasteiger partial charge is 0.467 e. The van der Waals surface area contributed by atoms with Crippen molar-refractivity contribution in [2.45, 2.75) is 6.54 Å². The highest BCUT2D eigenvalue weighted by molar-refractivity contribution is 5.87. The Morgan fingerprint density at radius 3 is 2.94 bits per heavy atom. The Labute approximate surface area is 95.8 Å². The van der Waals surface area contributed by atoms with E-state index in [0.717, 1.165) is 0 Å². The maximum Gasteiger partial charge on any atom is 0.320 e. The average molecular weight is 234 g/mol. The van der Waals surface area contributed by atoms with Crippen molar-refractivity contribution >= 4 is 11.8 Å². The van der Waals surface area contributed by atoms with Crippen LogP contribution >= 0.6 is 0 Å². The standard InChI is InChI=1S/C10H10N4O3/c15-9-4-3-8(13-14-9)12-10(16)11-6-7-2-1-5-17-7/h1-5H,6H2,(H,14,15)(H2,11,12,13,16). The lowest BCUT2D eigenvalue weighted by Gasteiger charge is -2.04. The van der Waals surface area contributed by atoms with Gasteiger partial charge in [0.2, 0.25) is 0 Å². The quantitative estimate of drug-likeness (QED) is 0.727. The number of H-pyrrole nitrogens is 1. The molecule has 2 rings (SSSR count). The van der Waals surface area contributed by atoms with Crippen LogP contribution in [0.3, 0.4) is 0 Å². The third-order valence-corrected chi connectivity index (χ3v) is 1.92. The van der Waals surface area contributed by atoms with Gasteiger partial charge in [0.15, 0.2) is 5.82 Å². The molecular formula is C10H10N4O3. The van der Waals surface area contributed by atoms with Gasteiger partial charge in [0, 0.05) is 6.07 Å². The van der Waals surface area contributed by atoms with E-state index in [1.165, 1.54) is 18.4 Å². The molecule has 2 heterocycles. The summed E-state index contributed by atoms with van der Waals surface area (Å²) >= 11 is 0. The van der Waals surface area contributed by atoms with Crippen molar-refractivity contribution in [1.82, 2.24) is 15.5 Å². The molecule has 0 saturated carbocycles. The first-order valence-electron chi connectivity index (χ1n) is 4.87. The second kappa shape index (κ2) is 4.97. The Balaban J connectivity index is 1.85. The number of hydrogen-bond acceptors (Lipinski definition) is 4. The van der Waals surface area contributed by atoms with Crippen LogP contribution < -0.4 is 16.2 Å². The number of carbonyl (C=O) groups is 1. The number of anilines is 1. The van der Waals surface area contributed by atoms with Gasteiger partial charge in [-0.15, -0.1) is 0 Å². The maximum absolute atomic E-state index is 11.4. The van der Waals surface area contributed by atoms with Gasteiger partial charge in [0.25, 0.3) is 5.56 Å². The molecule has 88 valence electrons. The third kappa shape index (κ3) is 3.20. The summed E-state index contributed by atoms with van der Waals surface area (Å²) in [6.07, 6.45) is 1.53. The highest BCUT2D eigenvalue weighted by Crippen LogP contribution is 1.99. The molecule has 0 atom stereocenters. The molecule has 0 aliphatic rings. The molecule has 2 aromatic heterocycles. The average Bonchev–Trinajstić information content (AvgIpc) is 2.83. The van der Waals surface area contributed by atoms with Gasteiger partial charge in [-0.1, -0.05) is 0 Å². The lowest BCUT2D eigenvalue weighted by Crippen LogP contribution is -2.28. The van der Waals surface area contributed by atoms with Crippen molar-refractivity contribution < 1.29 is 9.21 Å². The molecule has 0 unspecified atom stereocenters. The van der Waals surface area contributed by atoms with E-state index in [4.69, 9.17) is 4.42 Å². The molecule has 0 spiro atoms. The van der Waals surface area contributed by atoms with Crippen molar-refractivity contribution in [1.29, 1.82) is 0 Å². The van der Waals surface area contributed by atoms with E-state index >= 15 is 0 Å². The third-order valence-electron chi connectivity index (χ3n) is 1.92. The molecule has 0 aliphatic heterocycles. The molecule has 0 fully saturated rings. The molecule has 17 heavy (non-hydrogen) atoms. The summed E-state index contributed by atoms with van der Waals surface area (Å²) in [6.45, 7) is 0.280. The van der Waals surface area contributed by atoms with Crippen LogP contribution in [-0.4, -0.2) is 16.2 Å². The molecule has 7 heteroatoms. The van der Waals surface area contributed by atoms with Crippen LogP contribution in [0.25, 0.3) is 0 Å². The molecule has 0 aliphatic carbocycles. The number of rotatable bonds is 3. The number of hydrogen-bond donors (Lipinski definition) is 3. The zero-order valence-corrected chi connectivity index (χ0v) is 8.77. The predicted octanol–water partition coefficient (Wildman–Crippen LogP) is 0.685. The highest BCUT2D eigenvalue weighted by atomic mass is 16.3. The summed E-state index contributed by atoms with van der Waals surface area (Å²) < 4.78 is 5.04. The van der Waals surface area contributed by atoms with Gasteiger partial charge in [0.1, 0.15) is 5.76 Å². The summed E-state index contributed by atoms with van der Waals surface area (Å²) in [5, 5.41) is 10.9. The number of nitrogens with zero attached hydrogens (tertiary/aromatic N) is 1. The number of nitrogens with one attached hydrogen (secondary N) is 3. The molecule has 0 bridgehead atoms. The SMILES string of the molecule is O=C(NCc1ccco1)Nc1ccc(=O)[nH]n1. The Bertz CT molecular complexity index is 526. The van der Waals surface area contributed by atoms with E-state index in [1.807, 2.05) is 0 Å². The molecule has 0 saturated heterocycles. The van der Waals surface area contributed by atoms with E-state index in [2.05, 4.69) is 20.8 Å². The normalized spacial score (nSPS) is 9.88. The predicted molar refractivity (Wildman–Crippen MR) is 59.4 cm³/mol. The van der Waals surface area contributed by atoms with Crippen molar-refractivity contribution in [3.05, 3.63) is 46.6 Å². The minimum Gasteiger partial charge on any atom is -0.467 e. The van der Waals surface area contributed by atoms with E-state index in [-0.39, 0.29) is 17.9 Å². The zero-order chi connectivity index (χ0) is 12.1. The van der Waals surface area contributed by atoms with Crippen LogP contribution in [0, 0.1) is 0 Å². The smallest absolute Gasteiger partial charge is 0.320 e. The Morgan fingerprint density at radius 1 is 1.41 bits per heavy atom. The van der Waals surface area contributed by atoms with Crippen LogP contribution in [-0.2, 0) is 6.54 Å². The van der Waals surface area contributed by atoms with Gasteiger partial charge in [-0.2, -0.15) is 5.10 Å². The lowest BCUT2D eigenvalue weighted by molar-refractivity contribution is 0.250. The monoisotopic (exact) mass is 234 g/mol. The summed E-state index contributed by atoms with van der Waals surface area (Å²) in [7, 11) is 0. The van der Waals surface area contributed by atoms with Gasteiger partial charge >= 0.3 is 6.03 Å². The van der Waals surface area contributed by atoms with E-state index < -0.39 is 6.03 Å². The van der Waals surface area contributed by atoms with Crippen LogP contribution in [0.5, 0.6) is 0 Å². The number of furan rings is 1. The summed E-state index contributed by atoms with van der Waals surface area (Å²) in [5.41, 5.74) is -0.327. The summed E-state index contributed by atoms with van der Waals surface area (Å²) in [6, 6.07) is 5.73. The molecule has 2 aromatic rings. The van der Waals surface area contributed by atoms with Crippen molar-refractivity contribution in [3.8, 4) is 0 Å². The lowest BCUT2D eigenvalue weighted by atomic mass is 10.4. The molecular weight excluding hydrogens is 224 g/mol. The number of aromatic amines is 1. The van der Waals surface area contributed by atoms with Gasteiger partial charge in [-0.05, 0) is 18.2 Å². The van der Waals surface area contributed by atoms with Gasteiger partial charge in [0.05, 0.1) is 12.8 Å². The van der Waals surface area contributed by atoms with Gasteiger partial charge in [-0.3, -0.25) is 10.1 Å². The van der Waals surface area contributed by atoms with E-state index in [1.54, 1.807) is 12.1 Å². The first kappa shape index (κ1) is 10.9. The van der Waals surface area contributed by atoms with Crippen LogP contribution in [0.4, 0.5) is 10.6 Å². The second-order valence-electron chi connectivity index (χ2n) is 3.19. The van der Waals surface area contributed by atoms with Crippen molar-refractivity contribution in [2.75, 3.05) is 5.32 Å². The molecule has 0 aromatic carbocycles. The number of carbonyl (C=O) groups excluding carboxylic acids is 1. The van der Waals surface area contributed by atoms with Crippen LogP contribution in [0.15, 0.2) is 39.7 Å². The number of amides is 2. The fourth-order valence-electron chi connectivity index (χ4n) is 1.16. The fraction of sp³-hybridized carbons (Fsp3) is 0.100. The molecule has 2 amide bonds. The minimum absolute atomic E-state index is 0.265. The Morgan fingerprint density at radius 2 is 2.29 bits per heavy atom. The summed E-state index contributed by atoms with van der Waals surface area (Å²) in [5.74, 6) is 0.913. The number of urea groups is 1. The Kier molecular flexibility index (Phi) is 3.20. The Hall–Kier alpha value is -2.57. The topological polar surface area (TPSA) is 100 Å². The highest BCUT2D eigenvalue weighted by Gasteiger charge is 2.03. The fourth-order valence-corrected chi connectivity index (χ4v) is 1.16.